The first-order valence-corrected chi connectivity index (χ1v) is 9.51. The normalized spacial score (nSPS) is 17.8. The van der Waals surface area contributed by atoms with Crippen LogP contribution in [0.2, 0.25) is 0 Å². The second-order valence-corrected chi connectivity index (χ2v) is 6.70. The van der Waals surface area contributed by atoms with Crippen molar-refractivity contribution in [2.45, 2.75) is 38.3 Å². The molecule has 2 aromatic rings. The van der Waals surface area contributed by atoms with E-state index in [1.165, 1.54) is 18.4 Å². The summed E-state index contributed by atoms with van der Waals surface area (Å²) in [5.74, 6) is 1.82. The number of rotatable bonds is 7. The fourth-order valence-electron chi connectivity index (χ4n) is 2.67. The average molecular weight is 475 g/mol. The molecule has 25 heavy (non-hydrogen) atoms. The van der Waals surface area contributed by atoms with Gasteiger partial charge in [0.25, 0.3) is 0 Å². The molecular weight excluding hydrogens is 449 g/mol. The van der Waals surface area contributed by atoms with Crippen LogP contribution in [-0.4, -0.2) is 31.8 Å². The SMILES string of the molecule is I.c1coc(CCNC(=NCc2ccsc2)NCC2CCCCO2)c1. The van der Waals surface area contributed by atoms with E-state index < -0.39 is 0 Å². The summed E-state index contributed by atoms with van der Waals surface area (Å²) in [4.78, 5) is 4.68. The molecule has 1 atom stereocenters. The van der Waals surface area contributed by atoms with E-state index in [0.717, 1.165) is 44.3 Å². The van der Waals surface area contributed by atoms with E-state index in [9.17, 15) is 0 Å². The Balaban J connectivity index is 0.00000225. The summed E-state index contributed by atoms with van der Waals surface area (Å²) >= 11 is 1.70. The first-order valence-electron chi connectivity index (χ1n) is 8.57. The lowest BCUT2D eigenvalue weighted by Gasteiger charge is -2.23. The van der Waals surface area contributed by atoms with Crippen LogP contribution in [0.25, 0.3) is 0 Å². The van der Waals surface area contributed by atoms with E-state index in [2.05, 4.69) is 32.5 Å². The van der Waals surface area contributed by atoms with Crippen molar-refractivity contribution in [1.82, 2.24) is 10.6 Å². The Kier molecular flexibility index (Phi) is 9.35. The highest BCUT2D eigenvalue weighted by Crippen LogP contribution is 2.11. The number of nitrogens with zero attached hydrogens (tertiary/aromatic N) is 1. The Morgan fingerprint density at radius 1 is 1.28 bits per heavy atom. The van der Waals surface area contributed by atoms with E-state index in [0.29, 0.717) is 6.54 Å². The number of hydrogen-bond acceptors (Lipinski definition) is 4. The first-order chi connectivity index (χ1) is 11.9. The molecular formula is C18H26IN3O2S. The molecule has 1 saturated heterocycles. The van der Waals surface area contributed by atoms with E-state index in [-0.39, 0.29) is 30.1 Å². The van der Waals surface area contributed by atoms with Gasteiger partial charge in [-0.05, 0) is 53.8 Å². The summed E-state index contributed by atoms with van der Waals surface area (Å²) in [5, 5.41) is 11.0. The predicted molar refractivity (Wildman–Crippen MR) is 113 cm³/mol. The zero-order chi connectivity index (χ0) is 16.5. The maximum absolute atomic E-state index is 5.78. The molecule has 0 aromatic carbocycles. The van der Waals surface area contributed by atoms with Crippen molar-refractivity contribution in [3.63, 3.8) is 0 Å². The molecule has 0 amide bonds. The third-order valence-electron chi connectivity index (χ3n) is 4.01. The fraction of sp³-hybridized carbons (Fsp3) is 0.500. The number of aliphatic imine (C=N–C) groups is 1. The van der Waals surface area contributed by atoms with Crippen molar-refractivity contribution < 1.29 is 9.15 Å². The molecule has 0 radical (unpaired) electrons. The lowest BCUT2D eigenvalue weighted by molar-refractivity contribution is 0.0194. The van der Waals surface area contributed by atoms with Gasteiger partial charge in [0.2, 0.25) is 0 Å². The summed E-state index contributed by atoms with van der Waals surface area (Å²) in [6, 6.07) is 6.02. The number of guanidine groups is 1. The maximum atomic E-state index is 5.78. The minimum absolute atomic E-state index is 0. The van der Waals surface area contributed by atoms with Crippen LogP contribution >= 0.6 is 35.3 Å². The Bertz CT molecular complexity index is 596. The first kappa shape index (κ1) is 20.3. The number of ether oxygens (including phenoxy) is 1. The second kappa shape index (κ2) is 11.5. The minimum Gasteiger partial charge on any atom is -0.469 e. The van der Waals surface area contributed by atoms with Crippen LogP contribution in [0.1, 0.15) is 30.6 Å². The van der Waals surface area contributed by atoms with Crippen molar-refractivity contribution in [1.29, 1.82) is 0 Å². The lowest BCUT2D eigenvalue weighted by atomic mass is 10.1. The number of nitrogens with one attached hydrogen (secondary N) is 2. The molecule has 1 unspecified atom stereocenters. The van der Waals surface area contributed by atoms with Crippen molar-refractivity contribution >= 4 is 41.3 Å². The van der Waals surface area contributed by atoms with E-state index >= 15 is 0 Å². The molecule has 2 N–H and O–H groups in total. The molecule has 3 rings (SSSR count). The summed E-state index contributed by atoms with van der Waals surface area (Å²) in [5.41, 5.74) is 1.24. The lowest BCUT2D eigenvalue weighted by Crippen LogP contribution is -2.43. The molecule has 2 aromatic heterocycles. The molecule has 0 bridgehead atoms. The van der Waals surface area contributed by atoms with Gasteiger partial charge in [-0.1, -0.05) is 0 Å². The minimum atomic E-state index is 0. The van der Waals surface area contributed by atoms with Gasteiger partial charge in [-0.15, -0.1) is 24.0 Å². The zero-order valence-electron chi connectivity index (χ0n) is 14.3. The maximum Gasteiger partial charge on any atom is 0.191 e. The van der Waals surface area contributed by atoms with Crippen molar-refractivity contribution in [3.8, 4) is 0 Å². The van der Waals surface area contributed by atoms with Gasteiger partial charge in [-0.3, -0.25) is 0 Å². The number of hydrogen-bond donors (Lipinski definition) is 2. The van der Waals surface area contributed by atoms with Crippen LogP contribution in [0.3, 0.4) is 0 Å². The topological polar surface area (TPSA) is 58.8 Å². The van der Waals surface area contributed by atoms with Crippen molar-refractivity contribution in [2.75, 3.05) is 19.7 Å². The van der Waals surface area contributed by atoms with E-state index in [1.54, 1.807) is 17.6 Å². The van der Waals surface area contributed by atoms with Crippen LogP contribution in [0.4, 0.5) is 0 Å². The smallest absolute Gasteiger partial charge is 0.191 e. The number of thiophene rings is 1. The largest absolute Gasteiger partial charge is 0.469 e. The van der Waals surface area contributed by atoms with Gasteiger partial charge in [-0.25, -0.2) is 4.99 Å². The Morgan fingerprint density at radius 2 is 2.24 bits per heavy atom. The molecule has 138 valence electrons. The molecule has 1 aliphatic rings. The molecule has 5 nitrogen and oxygen atoms in total. The van der Waals surface area contributed by atoms with Crippen LogP contribution in [0, 0.1) is 0 Å². The second-order valence-electron chi connectivity index (χ2n) is 5.92. The van der Waals surface area contributed by atoms with Gasteiger partial charge in [0.15, 0.2) is 5.96 Å². The average Bonchev–Trinajstić information content (AvgIpc) is 3.31. The number of halogens is 1. The van der Waals surface area contributed by atoms with Gasteiger partial charge >= 0.3 is 0 Å². The summed E-state index contributed by atoms with van der Waals surface area (Å²) in [6.45, 7) is 3.15. The van der Waals surface area contributed by atoms with Crippen LogP contribution in [0.5, 0.6) is 0 Å². The van der Waals surface area contributed by atoms with E-state index in [1.807, 2.05) is 12.1 Å². The van der Waals surface area contributed by atoms with Gasteiger partial charge < -0.3 is 19.8 Å². The summed E-state index contributed by atoms with van der Waals surface area (Å²) in [7, 11) is 0. The fourth-order valence-corrected chi connectivity index (χ4v) is 3.32. The van der Waals surface area contributed by atoms with Gasteiger partial charge in [0, 0.05) is 26.1 Å². The van der Waals surface area contributed by atoms with Gasteiger partial charge in [0.1, 0.15) is 5.76 Å². The summed E-state index contributed by atoms with van der Waals surface area (Å²) in [6.07, 6.45) is 6.39. The highest BCUT2D eigenvalue weighted by Gasteiger charge is 2.14. The van der Waals surface area contributed by atoms with E-state index in [4.69, 9.17) is 9.15 Å². The van der Waals surface area contributed by atoms with Crippen molar-refractivity contribution in [3.05, 3.63) is 46.5 Å². The van der Waals surface area contributed by atoms with Crippen LogP contribution < -0.4 is 10.6 Å². The standard InChI is InChI=1S/C18H25N3O2S.HI/c1-2-9-23-17(4-1)13-21-18(20-12-15-7-11-24-14-15)19-8-6-16-5-3-10-22-16;/h3,5,7,10-11,14,17H,1-2,4,6,8-9,12-13H2,(H2,19,20,21);1H. The molecule has 0 aliphatic carbocycles. The summed E-state index contributed by atoms with van der Waals surface area (Å²) < 4.78 is 11.2. The third-order valence-corrected chi connectivity index (χ3v) is 4.75. The van der Waals surface area contributed by atoms with Crippen LogP contribution in [0.15, 0.2) is 44.6 Å². The number of furan rings is 1. The molecule has 0 saturated carbocycles. The Hall–Kier alpha value is -1.06. The zero-order valence-corrected chi connectivity index (χ0v) is 17.4. The van der Waals surface area contributed by atoms with Gasteiger partial charge in [0.05, 0.1) is 18.9 Å². The molecule has 0 spiro atoms. The molecule has 7 heteroatoms. The Labute approximate surface area is 170 Å². The Morgan fingerprint density at radius 3 is 2.96 bits per heavy atom. The molecule has 1 fully saturated rings. The quantitative estimate of drug-likeness (QED) is 0.364. The molecule has 3 heterocycles. The highest BCUT2D eigenvalue weighted by molar-refractivity contribution is 14.0. The van der Waals surface area contributed by atoms with Gasteiger partial charge in [-0.2, -0.15) is 11.3 Å². The van der Waals surface area contributed by atoms with Crippen LogP contribution in [-0.2, 0) is 17.7 Å². The van der Waals surface area contributed by atoms with Crippen molar-refractivity contribution in [2.24, 2.45) is 4.99 Å². The molecule has 1 aliphatic heterocycles. The third kappa shape index (κ3) is 7.37. The highest BCUT2D eigenvalue weighted by atomic mass is 127. The predicted octanol–water partition coefficient (Wildman–Crippen LogP) is 3.81. The monoisotopic (exact) mass is 475 g/mol.